The number of rotatable bonds is 2. The highest BCUT2D eigenvalue weighted by Crippen LogP contribution is 2.33. The van der Waals surface area contributed by atoms with E-state index in [1.165, 1.54) is 21.5 Å². The summed E-state index contributed by atoms with van der Waals surface area (Å²) < 4.78 is 0. The number of carbonyl (C=O) groups excluding carboxylic acids is 1. The molecular formula is C35H24O. The summed E-state index contributed by atoms with van der Waals surface area (Å²) in [5.41, 5.74) is 8.37. The van der Waals surface area contributed by atoms with Crippen molar-refractivity contribution in [3.8, 4) is 22.3 Å². The summed E-state index contributed by atoms with van der Waals surface area (Å²) in [6.07, 6.45) is 1.75. The van der Waals surface area contributed by atoms with Crippen LogP contribution in [0.1, 0.15) is 27.0 Å². The molecule has 0 atom stereocenters. The van der Waals surface area contributed by atoms with Crippen LogP contribution in [0.3, 0.4) is 0 Å². The van der Waals surface area contributed by atoms with E-state index in [0.717, 1.165) is 57.3 Å². The maximum absolute atomic E-state index is 13.9. The summed E-state index contributed by atoms with van der Waals surface area (Å²) in [4.78, 5) is 13.9. The Balaban J connectivity index is 1.31. The van der Waals surface area contributed by atoms with Crippen LogP contribution in [0.2, 0.25) is 0 Å². The monoisotopic (exact) mass is 460 g/mol. The maximum Gasteiger partial charge on any atom is 0.193 e. The summed E-state index contributed by atoms with van der Waals surface area (Å²) in [6.45, 7) is 0. The second-order valence-corrected chi connectivity index (χ2v) is 9.70. The Labute approximate surface area is 210 Å². The molecule has 0 radical (unpaired) electrons. The minimum absolute atomic E-state index is 0.128. The topological polar surface area (TPSA) is 17.1 Å². The molecule has 170 valence electrons. The molecule has 1 heteroatoms. The normalized spacial score (nSPS) is 12.8. The van der Waals surface area contributed by atoms with Gasteiger partial charge in [0.1, 0.15) is 0 Å². The molecule has 1 aliphatic rings. The van der Waals surface area contributed by atoms with E-state index in [-0.39, 0.29) is 5.78 Å². The number of ketones is 1. The number of fused-ring (bicyclic) bond motifs is 4. The van der Waals surface area contributed by atoms with E-state index in [9.17, 15) is 4.79 Å². The number of benzene rings is 6. The molecule has 0 saturated carbocycles. The molecule has 1 aliphatic carbocycles. The Morgan fingerprint density at radius 3 is 1.25 bits per heavy atom. The van der Waals surface area contributed by atoms with Gasteiger partial charge in [-0.15, -0.1) is 0 Å². The van der Waals surface area contributed by atoms with E-state index >= 15 is 0 Å². The van der Waals surface area contributed by atoms with E-state index < -0.39 is 0 Å². The van der Waals surface area contributed by atoms with Crippen LogP contribution in [-0.2, 0) is 12.8 Å². The van der Waals surface area contributed by atoms with Gasteiger partial charge >= 0.3 is 0 Å². The Morgan fingerprint density at radius 1 is 0.389 bits per heavy atom. The van der Waals surface area contributed by atoms with Crippen molar-refractivity contribution in [2.75, 3.05) is 0 Å². The van der Waals surface area contributed by atoms with Crippen LogP contribution in [0, 0.1) is 0 Å². The molecule has 0 spiro atoms. The van der Waals surface area contributed by atoms with Gasteiger partial charge in [0.2, 0.25) is 0 Å². The lowest BCUT2D eigenvalue weighted by atomic mass is 9.92. The van der Waals surface area contributed by atoms with Crippen LogP contribution in [0.15, 0.2) is 121 Å². The van der Waals surface area contributed by atoms with Gasteiger partial charge in [0, 0.05) is 11.1 Å². The van der Waals surface area contributed by atoms with Crippen LogP contribution < -0.4 is 0 Å². The van der Waals surface area contributed by atoms with E-state index in [4.69, 9.17) is 0 Å². The van der Waals surface area contributed by atoms with Gasteiger partial charge in [0.05, 0.1) is 0 Å². The van der Waals surface area contributed by atoms with Crippen molar-refractivity contribution >= 4 is 27.3 Å². The molecule has 0 bridgehead atoms. The zero-order valence-corrected chi connectivity index (χ0v) is 19.9. The van der Waals surface area contributed by atoms with Gasteiger partial charge in [-0.3, -0.25) is 4.79 Å². The molecule has 0 heterocycles. The van der Waals surface area contributed by atoms with Crippen molar-refractivity contribution in [1.82, 2.24) is 0 Å². The van der Waals surface area contributed by atoms with Gasteiger partial charge in [-0.2, -0.15) is 0 Å². The van der Waals surface area contributed by atoms with E-state index in [1.807, 2.05) is 0 Å². The average Bonchev–Trinajstić information content (AvgIpc) is 3.08. The molecule has 0 aromatic heterocycles. The van der Waals surface area contributed by atoms with Gasteiger partial charge < -0.3 is 0 Å². The molecular weight excluding hydrogens is 436 g/mol. The predicted molar refractivity (Wildman–Crippen MR) is 150 cm³/mol. The van der Waals surface area contributed by atoms with Crippen LogP contribution in [0.25, 0.3) is 43.8 Å². The first-order valence-corrected chi connectivity index (χ1v) is 12.5. The van der Waals surface area contributed by atoms with Crippen molar-refractivity contribution in [2.45, 2.75) is 12.8 Å². The van der Waals surface area contributed by atoms with Gasteiger partial charge in [-0.1, -0.05) is 97.1 Å². The third kappa shape index (κ3) is 3.52. The SMILES string of the molecule is O=C1c2cc(-c3ccc4ccccc4c3)ccc2CCc2ccc(-c3ccc4ccccc4c3)cc21. The molecule has 36 heavy (non-hydrogen) atoms. The molecule has 0 unspecified atom stereocenters. The van der Waals surface area contributed by atoms with Gasteiger partial charge in [-0.25, -0.2) is 0 Å². The first kappa shape index (κ1) is 20.8. The van der Waals surface area contributed by atoms with Gasteiger partial charge in [-0.05, 0) is 92.0 Å². The van der Waals surface area contributed by atoms with E-state index in [2.05, 4.69) is 121 Å². The van der Waals surface area contributed by atoms with Crippen molar-refractivity contribution in [2.24, 2.45) is 0 Å². The predicted octanol–water partition coefficient (Wildman–Crippen LogP) is 8.66. The highest BCUT2D eigenvalue weighted by molar-refractivity contribution is 6.12. The fourth-order valence-corrected chi connectivity index (χ4v) is 5.52. The lowest BCUT2D eigenvalue weighted by molar-refractivity contribution is 0.103. The van der Waals surface area contributed by atoms with E-state index in [1.54, 1.807) is 0 Å². The molecule has 0 N–H and O–H groups in total. The summed E-state index contributed by atoms with van der Waals surface area (Å²) in [5, 5.41) is 4.87. The second-order valence-electron chi connectivity index (χ2n) is 9.70. The van der Waals surface area contributed by atoms with Crippen LogP contribution in [0.4, 0.5) is 0 Å². The Bertz CT molecular complexity index is 1680. The number of hydrogen-bond acceptors (Lipinski definition) is 1. The molecule has 1 nitrogen and oxygen atoms in total. The lowest BCUT2D eigenvalue weighted by Crippen LogP contribution is -2.05. The maximum atomic E-state index is 13.9. The molecule has 7 rings (SSSR count). The average molecular weight is 461 g/mol. The summed E-state index contributed by atoms with van der Waals surface area (Å²) in [7, 11) is 0. The minimum Gasteiger partial charge on any atom is -0.289 e. The van der Waals surface area contributed by atoms with Crippen molar-refractivity contribution in [1.29, 1.82) is 0 Å². The zero-order chi connectivity index (χ0) is 24.1. The van der Waals surface area contributed by atoms with Crippen LogP contribution in [0.5, 0.6) is 0 Å². The Morgan fingerprint density at radius 2 is 0.778 bits per heavy atom. The molecule has 0 aliphatic heterocycles. The summed E-state index contributed by atoms with van der Waals surface area (Å²) >= 11 is 0. The molecule has 0 saturated heterocycles. The highest BCUT2D eigenvalue weighted by Gasteiger charge is 2.22. The molecule has 0 fully saturated rings. The number of hydrogen-bond donors (Lipinski definition) is 0. The Kier molecular flexibility index (Phi) is 4.82. The molecule has 0 amide bonds. The molecule has 6 aromatic carbocycles. The third-order valence-electron chi connectivity index (χ3n) is 7.54. The quantitative estimate of drug-likeness (QED) is 0.253. The summed E-state index contributed by atoms with van der Waals surface area (Å²) in [6, 6.07) is 42.6. The van der Waals surface area contributed by atoms with Crippen LogP contribution in [-0.4, -0.2) is 5.78 Å². The van der Waals surface area contributed by atoms with Crippen molar-refractivity contribution < 1.29 is 4.79 Å². The first-order valence-electron chi connectivity index (χ1n) is 12.5. The summed E-state index contributed by atoms with van der Waals surface area (Å²) in [5.74, 6) is 0.128. The van der Waals surface area contributed by atoms with E-state index in [0.29, 0.717) is 0 Å². The number of carbonyl (C=O) groups is 1. The zero-order valence-electron chi connectivity index (χ0n) is 19.9. The first-order chi connectivity index (χ1) is 17.7. The fourth-order valence-electron chi connectivity index (χ4n) is 5.52. The molecule has 6 aromatic rings. The highest BCUT2D eigenvalue weighted by atomic mass is 16.1. The smallest absolute Gasteiger partial charge is 0.193 e. The van der Waals surface area contributed by atoms with Gasteiger partial charge in [0.25, 0.3) is 0 Å². The lowest BCUT2D eigenvalue weighted by Gasteiger charge is -2.11. The number of aryl methyl sites for hydroxylation is 2. The van der Waals surface area contributed by atoms with Crippen molar-refractivity contribution in [3.63, 3.8) is 0 Å². The third-order valence-corrected chi connectivity index (χ3v) is 7.54. The largest absolute Gasteiger partial charge is 0.289 e. The standard InChI is InChI=1S/C35H24O/c36-35-33-21-31(29-15-9-23-5-1-3-7-27(23)19-29)17-13-25(33)11-12-26-14-18-32(22-34(26)35)30-16-10-24-6-2-4-8-28(24)20-30/h1-10,13-22H,11-12H2. The van der Waals surface area contributed by atoms with Crippen LogP contribution >= 0.6 is 0 Å². The Hall–Kier alpha value is -4.49. The van der Waals surface area contributed by atoms with Gasteiger partial charge in [0.15, 0.2) is 5.78 Å². The van der Waals surface area contributed by atoms with Crippen molar-refractivity contribution in [3.05, 3.63) is 144 Å². The second kappa shape index (κ2) is 8.32. The fraction of sp³-hybridized carbons (Fsp3) is 0.0571. The minimum atomic E-state index is 0.128.